The summed E-state index contributed by atoms with van der Waals surface area (Å²) >= 11 is 1.70. The van der Waals surface area contributed by atoms with Crippen LogP contribution in [0, 0.1) is 0 Å². The van der Waals surface area contributed by atoms with E-state index in [1.54, 1.807) is 11.8 Å². The maximum Gasteiger partial charge on any atom is 0.321 e. The Balaban J connectivity index is 2.48. The number of nitrogens with zero attached hydrogens (tertiary/aromatic N) is 1. The van der Waals surface area contributed by atoms with E-state index in [2.05, 4.69) is 0 Å². The van der Waals surface area contributed by atoms with Crippen LogP contribution in [0.3, 0.4) is 0 Å². The Morgan fingerprint density at radius 1 is 1.75 bits per heavy atom. The molecule has 3 N–H and O–H groups in total. The van der Waals surface area contributed by atoms with Crippen molar-refractivity contribution in [1.82, 2.24) is 4.90 Å². The summed E-state index contributed by atoms with van der Waals surface area (Å²) in [6, 6.07) is -0.327. The van der Waals surface area contributed by atoms with Crippen LogP contribution in [0.25, 0.3) is 0 Å². The number of aliphatic carboxylic acids is 1. The maximum absolute atomic E-state index is 10.7. The van der Waals surface area contributed by atoms with Gasteiger partial charge in [-0.3, -0.25) is 9.69 Å². The van der Waals surface area contributed by atoms with Gasteiger partial charge in [0.15, 0.2) is 0 Å². The number of nitrogens with two attached hydrogens (primary N) is 1. The van der Waals surface area contributed by atoms with Gasteiger partial charge in [-0.15, -0.1) is 0 Å². The molecule has 1 rings (SSSR count). The van der Waals surface area contributed by atoms with E-state index in [0.29, 0.717) is 18.8 Å². The van der Waals surface area contributed by atoms with Gasteiger partial charge in [0.05, 0.1) is 0 Å². The molecule has 0 saturated carbocycles. The van der Waals surface area contributed by atoms with E-state index in [-0.39, 0.29) is 6.04 Å². The molecule has 0 spiro atoms. The first kappa shape index (κ1) is 9.83. The zero-order valence-corrected chi connectivity index (χ0v) is 7.72. The van der Waals surface area contributed by atoms with Crippen LogP contribution in [0.15, 0.2) is 0 Å². The van der Waals surface area contributed by atoms with E-state index in [1.165, 1.54) is 0 Å². The van der Waals surface area contributed by atoms with Gasteiger partial charge in [0.1, 0.15) is 6.04 Å². The quantitative estimate of drug-likeness (QED) is 0.625. The fourth-order valence-corrected chi connectivity index (χ4v) is 2.41. The van der Waals surface area contributed by atoms with Crippen LogP contribution >= 0.6 is 11.8 Å². The molecule has 0 aromatic rings. The number of hydrogen-bond acceptors (Lipinski definition) is 4. The van der Waals surface area contributed by atoms with Gasteiger partial charge in [0.2, 0.25) is 0 Å². The molecule has 1 atom stereocenters. The van der Waals surface area contributed by atoms with Gasteiger partial charge in [-0.05, 0) is 0 Å². The van der Waals surface area contributed by atoms with Crippen molar-refractivity contribution in [3.05, 3.63) is 0 Å². The molecule has 5 heteroatoms. The van der Waals surface area contributed by atoms with Crippen molar-refractivity contribution in [1.29, 1.82) is 0 Å². The third kappa shape index (κ3) is 2.36. The van der Waals surface area contributed by atoms with E-state index in [0.717, 1.165) is 12.3 Å². The van der Waals surface area contributed by atoms with Crippen molar-refractivity contribution in [3.8, 4) is 0 Å². The van der Waals surface area contributed by atoms with Gasteiger partial charge in [-0.25, -0.2) is 0 Å². The van der Waals surface area contributed by atoms with Crippen molar-refractivity contribution in [2.45, 2.75) is 6.04 Å². The fraction of sp³-hybridized carbons (Fsp3) is 0.857. The van der Waals surface area contributed by atoms with Gasteiger partial charge in [0, 0.05) is 31.1 Å². The molecule has 0 aliphatic carbocycles. The van der Waals surface area contributed by atoms with Crippen molar-refractivity contribution in [3.63, 3.8) is 0 Å². The van der Waals surface area contributed by atoms with Crippen molar-refractivity contribution < 1.29 is 9.90 Å². The third-order valence-corrected chi connectivity index (χ3v) is 2.96. The molecule has 0 aromatic heterocycles. The average molecular weight is 190 g/mol. The molecule has 70 valence electrons. The van der Waals surface area contributed by atoms with Crippen LogP contribution in [0.4, 0.5) is 0 Å². The second-order valence-corrected chi connectivity index (χ2v) is 3.90. The molecule has 0 amide bonds. The van der Waals surface area contributed by atoms with Gasteiger partial charge < -0.3 is 10.8 Å². The summed E-state index contributed by atoms with van der Waals surface area (Å²) in [6.45, 7) is 2.07. The summed E-state index contributed by atoms with van der Waals surface area (Å²) in [5.74, 6) is 0.981. The predicted octanol–water partition coefficient (Wildman–Crippen LogP) is -0.553. The number of rotatable bonds is 3. The first-order chi connectivity index (χ1) is 5.75. The van der Waals surface area contributed by atoms with Crippen LogP contribution in [-0.2, 0) is 4.79 Å². The largest absolute Gasteiger partial charge is 0.480 e. The fourth-order valence-electron chi connectivity index (χ4n) is 1.30. The number of carbonyl (C=O) groups is 1. The van der Waals surface area contributed by atoms with Gasteiger partial charge in [-0.2, -0.15) is 11.8 Å². The molecule has 4 nitrogen and oxygen atoms in total. The Morgan fingerprint density at radius 2 is 2.50 bits per heavy atom. The SMILES string of the molecule is NCCN1CCSCC1C(=O)O. The van der Waals surface area contributed by atoms with Crippen molar-refractivity contribution in [2.24, 2.45) is 5.73 Å². The summed E-state index contributed by atoms with van der Waals surface area (Å²) in [6.07, 6.45) is 0. The van der Waals surface area contributed by atoms with Crippen LogP contribution in [0.2, 0.25) is 0 Å². The number of thioether (sulfide) groups is 1. The van der Waals surface area contributed by atoms with E-state index in [9.17, 15) is 4.79 Å². The Kier molecular flexibility index (Phi) is 3.84. The first-order valence-corrected chi connectivity index (χ1v) is 5.16. The van der Waals surface area contributed by atoms with E-state index in [4.69, 9.17) is 10.8 Å². The molecule has 0 radical (unpaired) electrons. The molecule has 12 heavy (non-hydrogen) atoms. The highest BCUT2D eigenvalue weighted by Gasteiger charge is 2.27. The zero-order valence-electron chi connectivity index (χ0n) is 6.90. The summed E-state index contributed by atoms with van der Waals surface area (Å²) < 4.78 is 0. The van der Waals surface area contributed by atoms with E-state index < -0.39 is 5.97 Å². The number of carboxylic acids is 1. The summed E-state index contributed by atoms with van der Waals surface area (Å²) in [5.41, 5.74) is 5.38. The van der Waals surface area contributed by atoms with Gasteiger partial charge in [0.25, 0.3) is 0 Å². The smallest absolute Gasteiger partial charge is 0.321 e. The highest BCUT2D eigenvalue weighted by atomic mass is 32.2. The van der Waals surface area contributed by atoms with Gasteiger partial charge >= 0.3 is 5.97 Å². The molecule has 1 unspecified atom stereocenters. The molecule has 1 saturated heterocycles. The normalized spacial score (nSPS) is 25.6. The Hall–Kier alpha value is -0.260. The minimum atomic E-state index is -0.726. The van der Waals surface area contributed by atoms with E-state index in [1.807, 2.05) is 4.90 Å². The molecular formula is C7H14N2O2S. The standard InChI is InChI=1S/C7H14N2O2S/c8-1-2-9-3-4-12-5-6(9)7(10)11/h6H,1-5,8H2,(H,10,11). The third-order valence-electron chi connectivity index (χ3n) is 1.94. The average Bonchev–Trinajstić information content (AvgIpc) is 2.05. The maximum atomic E-state index is 10.7. The van der Waals surface area contributed by atoms with Gasteiger partial charge in [-0.1, -0.05) is 0 Å². The van der Waals surface area contributed by atoms with Crippen LogP contribution in [0.5, 0.6) is 0 Å². The second-order valence-electron chi connectivity index (χ2n) is 2.75. The topological polar surface area (TPSA) is 66.6 Å². The summed E-state index contributed by atoms with van der Waals surface area (Å²) in [4.78, 5) is 12.7. The minimum absolute atomic E-state index is 0.327. The lowest BCUT2D eigenvalue weighted by Crippen LogP contribution is -2.48. The van der Waals surface area contributed by atoms with Crippen LogP contribution in [-0.4, -0.2) is 53.2 Å². The van der Waals surface area contributed by atoms with Crippen molar-refractivity contribution >= 4 is 17.7 Å². The molecule has 1 aliphatic heterocycles. The number of hydrogen-bond donors (Lipinski definition) is 2. The van der Waals surface area contributed by atoms with Crippen molar-refractivity contribution in [2.75, 3.05) is 31.1 Å². The highest BCUT2D eigenvalue weighted by Crippen LogP contribution is 2.15. The predicted molar refractivity (Wildman–Crippen MR) is 49.4 cm³/mol. The monoisotopic (exact) mass is 190 g/mol. The Bertz CT molecular complexity index is 163. The molecular weight excluding hydrogens is 176 g/mol. The lowest BCUT2D eigenvalue weighted by Gasteiger charge is -2.31. The molecule has 1 heterocycles. The zero-order chi connectivity index (χ0) is 8.97. The molecule has 1 fully saturated rings. The summed E-state index contributed by atoms with van der Waals surface area (Å²) in [7, 11) is 0. The molecule has 0 aromatic carbocycles. The minimum Gasteiger partial charge on any atom is -0.480 e. The second kappa shape index (κ2) is 4.69. The first-order valence-electron chi connectivity index (χ1n) is 4.00. The van der Waals surface area contributed by atoms with E-state index >= 15 is 0 Å². The molecule has 1 aliphatic rings. The van der Waals surface area contributed by atoms with Crippen LogP contribution in [0.1, 0.15) is 0 Å². The number of carboxylic acid groups (broad SMARTS) is 1. The highest BCUT2D eigenvalue weighted by molar-refractivity contribution is 7.99. The Labute approximate surface area is 76.1 Å². The van der Waals surface area contributed by atoms with Crippen LogP contribution < -0.4 is 5.73 Å². The summed E-state index contributed by atoms with van der Waals surface area (Å²) in [5, 5.41) is 8.84. The molecule has 0 bridgehead atoms. The lowest BCUT2D eigenvalue weighted by atomic mass is 10.2. The Morgan fingerprint density at radius 3 is 3.08 bits per heavy atom. The lowest BCUT2D eigenvalue weighted by molar-refractivity contribution is -0.142.